The van der Waals surface area contributed by atoms with Crippen LogP contribution < -0.4 is 5.32 Å². The molecular weight excluding hydrogens is 268 g/mol. The topological polar surface area (TPSA) is 129 Å². The van der Waals surface area contributed by atoms with Gasteiger partial charge in [0.25, 0.3) is 5.91 Å². The molecule has 9 heteroatoms. The highest BCUT2D eigenvalue weighted by Gasteiger charge is 2.44. The van der Waals surface area contributed by atoms with Crippen molar-refractivity contribution in [2.24, 2.45) is 4.99 Å². The Morgan fingerprint density at radius 2 is 2.25 bits per heavy atom. The maximum atomic E-state index is 11.7. The standard InChI is InChI=1S/C11H14N4O5/c16-2-6-8(17)9(18)11(20-6)15-4-14-7-5(15)1-12-3-13-10(7)19/h3-4,6,8-9,11,16-18H,1-2H2,(H,12,13,19). The number of nitrogens with one attached hydrogen (secondary N) is 1. The average Bonchev–Trinajstić information content (AvgIpc) is 2.92. The number of carbonyl (C=O) groups is 1. The van der Waals surface area contributed by atoms with Gasteiger partial charge >= 0.3 is 0 Å². The second-order valence-corrected chi connectivity index (χ2v) is 4.62. The number of ether oxygens (including phenoxy) is 1. The average molecular weight is 282 g/mol. The van der Waals surface area contributed by atoms with Crippen molar-refractivity contribution in [3.05, 3.63) is 17.7 Å². The first-order chi connectivity index (χ1) is 9.63. The van der Waals surface area contributed by atoms with Gasteiger partial charge in [-0.05, 0) is 0 Å². The van der Waals surface area contributed by atoms with E-state index in [-0.39, 0.29) is 12.2 Å². The molecule has 3 rings (SSSR count). The largest absolute Gasteiger partial charge is 0.394 e. The van der Waals surface area contributed by atoms with Gasteiger partial charge in [-0.25, -0.2) is 4.98 Å². The lowest BCUT2D eigenvalue weighted by Gasteiger charge is -2.18. The molecule has 3 heterocycles. The highest BCUT2D eigenvalue weighted by molar-refractivity contribution is 6.00. The number of amides is 1. The van der Waals surface area contributed by atoms with Gasteiger partial charge in [-0.2, -0.15) is 0 Å². The second-order valence-electron chi connectivity index (χ2n) is 4.62. The molecule has 0 saturated carbocycles. The van der Waals surface area contributed by atoms with Gasteiger partial charge in [0.15, 0.2) is 11.9 Å². The Kier molecular flexibility index (Phi) is 3.26. The fraction of sp³-hybridized carbons (Fsp3) is 0.545. The quantitative estimate of drug-likeness (QED) is 0.485. The molecule has 0 spiro atoms. The normalized spacial score (nSPS) is 32.9. The van der Waals surface area contributed by atoms with E-state index in [9.17, 15) is 15.0 Å². The number of aliphatic hydroxyl groups is 3. The van der Waals surface area contributed by atoms with Crippen molar-refractivity contribution in [1.82, 2.24) is 14.9 Å². The van der Waals surface area contributed by atoms with E-state index < -0.39 is 37.1 Å². The van der Waals surface area contributed by atoms with Crippen LogP contribution in [0.2, 0.25) is 0 Å². The Labute approximate surface area is 113 Å². The summed E-state index contributed by atoms with van der Waals surface area (Å²) in [6.07, 6.45) is -1.58. The van der Waals surface area contributed by atoms with Gasteiger partial charge in [-0.1, -0.05) is 0 Å². The molecule has 1 fully saturated rings. The predicted molar refractivity (Wildman–Crippen MR) is 64.9 cm³/mol. The summed E-state index contributed by atoms with van der Waals surface area (Å²) in [6, 6.07) is 0. The lowest BCUT2D eigenvalue weighted by molar-refractivity contribution is -0.0539. The smallest absolute Gasteiger partial charge is 0.276 e. The fourth-order valence-corrected chi connectivity index (χ4v) is 2.37. The summed E-state index contributed by atoms with van der Waals surface area (Å²) in [7, 11) is 0. The van der Waals surface area contributed by atoms with Gasteiger partial charge in [0.2, 0.25) is 0 Å². The number of carbonyl (C=O) groups excluding carboxylic acids is 1. The van der Waals surface area contributed by atoms with E-state index >= 15 is 0 Å². The molecule has 1 saturated heterocycles. The van der Waals surface area contributed by atoms with Crippen LogP contribution in [0.5, 0.6) is 0 Å². The number of aliphatic imine (C=N–C) groups is 1. The molecule has 0 radical (unpaired) electrons. The molecule has 0 aliphatic carbocycles. The molecule has 2 aliphatic rings. The number of aromatic nitrogens is 2. The summed E-state index contributed by atoms with van der Waals surface area (Å²) < 4.78 is 6.87. The maximum Gasteiger partial charge on any atom is 0.276 e. The van der Waals surface area contributed by atoms with Crippen LogP contribution in [0.25, 0.3) is 0 Å². The van der Waals surface area contributed by atoms with Crippen molar-refractivity contribution < 1.29 is 24.9 Å². The highest BCUT2D eigenvalue weighted by atomic mass is 16.6. The van der Waals surface area contributed by atoms with Gasteiger partial charge in [-0.3, -0.25) is 9.79 Å². The van der Waals surface area contributed by atoms with Crippen molar-refractivity contribution in [3.63, 3.8) is 0 Å². The monoisotopic (exact) mass is 282 g/mol. The van der Waals surface area contributed by atoms with Crippen LogP contribution in [0.1, 0.15) is 22.4 Å². The van der Waals surface area contributed by atoms with E-state index in [1.54, 1.807) is 0 Å². The SMILES string of the molecule is O=C1NC=NCc2c1ncn2C1OC(CO)C(O)C1O. The number of aliphatic hydroxyl groups excluding tert-OH is 3. The van der Waals surface area contributed by atoms with Crippen molar-refractivity contribution in [3.8, 4) is 0 Å². The lowest BCUT2D eigenvalue weighted by atomic mass is 10.1. The number of hydrogen-bond acceptors (Lipinski definition) is 7. The van der Waals surface area contributed by atoms with Crippen LogP contribution >= 0.6 is 0 Å². The van der Waals surface area contributed by atoms with Crippen LogP contribution in [-0.2, 0) is 11.3 Å². The summed E-state index contributed by atoms with van der Waals surface area (Å²) in [6.45, 7) is -0.217. The molecular formula is C11H14N4O5. The van der Waals surface area contributed by atoms with E-state index in [0.29, 0.717) is 5.69 Å². The van der Waals surface area contributed by atoms with Crippen LogP contribution in [-0.4, -0.2) is 62.0 Å². The zero-order valence-electron chi connectivity index (χ0n) is 10.4. The Morgan fingerprint density at radius 3 is 2.95 bits per heavy atom. The summed E-state index contributed by atoms with van der Waals surface area (Å²) >= 11 is 0. The molecule has 4 unspecified atom stereocenters. The van der Waals surface area contributed by atoms with Crippen LogP contribution in [0.4, 0.5) is 0 Å². The second kappa shape index (κ2) is 4.94. The molecule has 1 aromatic heterocycles. The number of imidazole rings is 1. The third-order valence-electron chi connectivity index (χ3n) is 3.43. The molecule has 4 atom stereocenters. The molecule has 20 heavy (non-hydrogen) atoms. The van der Waals surface area contributed by atoms with E-state index in [1.165, 1.54) is 17.2 Å². The van der Waals surface area contributed by atoms with E-state index in [2.05, 4.69) is 15.3 Å². The minimum absolute atomic E-state index is 0.195. The van der Waals surface area contributed by atoms with Gasteiger partial charge in [0.05, 0.1) is 31.5 Å². The lowest BCUT2D eigenvalue weighted by Crippen LogP contribution is -2.33. The summed E-state index contributed by atoms with van der Waals surface area (Å²) in [4.78, 5) is 19.7. The predicted octanol–water partition coefficient (Wildman–Crippen LogP) is -2.23. The van der Waals surface area contributed by atoms with Crippen molar-refractivity contribution in [2.45, 2.75) is 31.1 Å². The summed E-state index contributed by atoms with van der Waals surface area (Å²) in [5.74, 6) is -0.397. The molecule has 108 valence electrons. The van der Waals surface area contributed by atoms with Crippen molar-refractivity contribution >= 4 is 12.2 Å². The first-order valence-electron chi connectivity index (χ1n) is 6.10. The van der Waals surface area contributed by atoms with Gasteiger partial charge in [-0.15, -0.1) is 0 Å². The fourth-order valence-electron chi connectivity index (χ4n) is 2.37. The first kappa shape index (κ1) is 13.2. The minimum atomic E-state index is -1.22. The number of fused-ring (bicyclic) bond motifs is 1. The molecule has 1 amide bonds. The third-order valence-corrected chi connectivity index (χ3v) is 3.43. The van der Waals surface area contributed by atoms with Gasteiger partial charge < -0.3 is 29.9 Å². The van der Waals surface area contributed by atoms with Crippen molar-refractivity contribution in [1.29, 1.82) is 0 Å². The Bertz CT molecular complexity index is 557. The van der Waals surface area contributed by atoms with Gasteiger partial charge in [0.1, 0.15) is 18.3 Å². The minimum Gasteiger partial charge on any atom is -0.394 e. The van der Waals surface area contributed by atoms with Crippen molar-refractivity contribution in [2.75, 3.05) is 6.61 Å². The molecule has 0 bridgehead atoms. The maximum absolute atomic E-state index is 11.7. The molecule has 1 aromatic rings. The number of nitrogens with zero attached hydrogens (tertiary/aromatic N) is 3. The van der Waals surface area contributed by atoms with Crippen LogP contribution in [0.3, 0.4) is 0 Å². The Balaban J connectivity index is 1.96. The summed E-state index contributed by atoms with van der Waals surface area (Å²) in [5.41, 5.74) is 0.673. The van der Waals surface area contributed by atoms with Crippen LogP contribution in [0.15, 0.2) is 11.3 Å². The Hall–Kier alpha value is -1.81. The van der Waals surface area contributed by atoms with Crippen LogP contribution in [0, 0.1) is 0 Å². The highest BCUT2D eigenvalue weighted by Crippen LogP contribution is 2.31. The first-order valence-corrected chi connectivity index (χ1v) is 6.10. The number of hydrogen-bond donors (Lipinski definition) is 4. The molecule has 2 aliphatic heterocycles. The third kappa shape index (κ3) is 1.91. The van der Waals surface area contributed by atoms with E-state index in [1.807, 2.05) is 0 Å². The van der Waals surface area contributed by atoms with Gasteiger partial charge in [0, 0.05) is 0 Å². The zero-order chi connectivity index (χ0) is 14.3. The number of rotatable bonds is 2. The summed E-state index contributed by atoms with van der Waals surface area (Å²) in [5, 5.41) is 31.3. The zero-order valence-corrected chi connectivity index (χ0v) is 10.4. The molecule has 9 nitrogen and oxygen atoms in total. The molecule has 0 aromatic carbocycles. The van der Waals surface area contributed by atoms with E-state index in [0.717, 1.165) is 0 Å². The Morgan fingerprint density at radius 1 is 1.45 bits per heavy atom. The van der Waals surface area contributed by atoms with E-state index in [4.69, 9.17) is 9.84 Å². The molecule has 4 N–H and O–H groups in total.